The number of fused-ring (bicyclic) bond motifs is 5. The Morgan fingerprint density at radius 3 is 2.75 bits per heavy atom. The van der Waals surface area contributed by atoms with E-state index in [0.29, 0.717) is 30.5 Å². The third-order valence-electron chi connectivity index (χ3n) is 9.49. The van der Waals surface area contributed by atoms with Crippen LogP contribution in [0.3, 0.4) is 0 Å². The van der Waals surface area contributed by atoms with Crippen molar-refractivity contribution in [3.05, 3.63) is 54.6 Å². The molecule has 5 aromatic rings. The number of aromatic nitrogens is 5. The van der Waals surface area contributed by atoms with Gasteiger partial charge in [-0.15, -0.1) is 0 Å². The van der Waals surface area contributed by atoms with Crippen molar-refractivity contribution in [2.45, 2.75) is 31.8 Å². The van der Waals surface area contributed by atoms with Gasteiger partial charge in [-0.2, -0.15) is 9.97 Å². The SMILES string of the molecule is COc1cc2c(cc1Nc1nc(Nc3ccn4ccnc4c3C)c3cc[nH]c3n1)OCC1CC(N3CCN(C)CC3)CCN21. The van der Waals surface area contributed by atoms with Gasteiger partial charge in [0.2, 0.25) is 5.95 Å². The maximum absolute atomic E-state index is 6.39. The molecule has 2 unspecified atom stereocenters. The minimum Gasteiger partial charge on any atom is -0.494 e. The largest absolute Gasteiger partial charge is 0.494 e. The molecular formula is C32H38N10O2. The Balaban J connectivity index is 1.05. The average molecular weight is 595 g/mol. The summed E-state index contributed by atoms with van der Waals surface area (Å²) in [6.07, 6.45) is 9.89. The van der Waals surface area contributed by atoms with Crippen molar-refractivity contribution in [1.29, 1.82) is 0 Å². The normalized spacial score (nSPS) is 20.8. The Hall–Kier alpha value is -4.55. The maximum Gasteiger partial charge on any atom is 0.231 e. The van der Waals surface area contributed by atoms with Crippen LogP contribution in [0, 0.1) is 6.92 Å². The summed E-state index contributed by atoms with van der Waals surface area (Å²) in [7, 11) is 3.91. The van der Waals surface area contributed by atoms with Crippen LogP contribution in [0.15, 0.2) is 49.1 Å². The highest BCUT2D eigenvalue weighted by atomic mass is 16.5. The molecule has 12 nitrogen and oxygen atoms in total. The number of benzene rings is 1. The van der Waals surface area contributed by atoms with Crippen molar-refractivity contribution < 1.29 is 9.47 Å². The molecule has 0 spiro atoms. The van der Waals surface area contributed by atoms with Gasteiger partial charge in [0.1, 0.15) is 35.2 Å². The summed E-state index contributed by atoms with van der Waals surface area (Å²) in [5.74, 6) is 2.71. The molecule has 0 amide bonds. The zero-order valence-corrected chi connectivity index (χ0v) is 25.4. The summed E-state index contributed by atoms with van der Waals surface area (Å²) in [5, 5.41) is 7.82. The number of aromatic amines is 1. The molecule has 44 heavy (non-hydrogen) atoms. The number of hydrogen-bond donors (Lipinski definition) is 3. The molecular weight excluding hydrogens is 556 g/mol. The van der Waals surface area contributed by atoms with E-state index >= 15 is 0 Å². The van der Waals surface area contributed by atoms with E-state index in [9.17, 15) is 0 Å². The summed E-state index contributed by atoms with van der Waals surface area (Å²) in [6, 6.07) is 9.09. The molecule has 2 saturated heterocycles. The number of piperidine rings is 1. The Bertz CT molecular complexity index is 1820. The van der Waals surface area contributed by atoms with Crippen molar-refractivity contribution in [2.24, 2.45) is 0 Å². The van der Waals surface area contributed by atoms with Gasteiger partial charge in [0.15, 0.2) is 0 Å². The molecule has 0 aliphatic carbocycles. The molecule has 2 fully saturated rings. The second kappa shape index (κ2) is 10.9. The maximum atomic E-state index is 6.39. The topological polar surface area (TPSA) is 111 Å². The molecule has 8 rings (SSSR count). The molecule has 0 bridgehead atoms. The minimum atomic E-state index is 0.362. The molecule has 0 saturated carbocycles. The Kier molecular flexibility index (Phi) is 6.68. The van der Waals surface area contributed by atoms with Crippen LogP contribution in [-0.4, -0.2) is 99.7 Å². The van der Waals surface area contributed by atoms with Gasteiger partial charge in [0.05, 0.1) is 29.9 Å². The lowest BCUT2D eigenvalue weighted by Gasteiger charge is -2.48. The third kappa shape index (κ3) is 4.74. The van der Waals surface area contributed by atoms with E-state index in [4.69, 9.17) is 19.4 Å². The summed E-state index contributed by atoms with van der Waals surface area (Å²) in [6.45, 7) is 8.35. The van der Waals surface area contributed by atoms with E-state index in [-0.39, 0.29) is 0 Å². The molecule has 12 heteroatoms. The monoisotopic (exact) mass is 594 g/mol. The smallest absolute Gasteiger partial charge is 0.231 e. The van der Waals surface area contributed by atoms with Crippen LogP contribution >= 0.6 is 0 Å². The molecule has 1 aromatic carbocycles. The van der Waals surface area contributed by atoms with Crippen molar-refractivity contribution in [3.63, 3.8) is 0 Å². The number of aryl methyl sites for hydroxylation is 1. The quantitative estimate of drug-likeness (QED) is 0.262. The predicted molar refractivity (Wildman–Crippen MR) is 172 cm³/mol. The number of imidazole rings is 1. The van der Waals surface area contributed by atoms with E-state index in [1.165, 1.54) is 0 Å². The van der Waals surface area contributed by atoms with Gasteiger partial charge >= 0.3 is 0 Å². The fourth-order valence-corrected chi connectivity index (χ4v) is 6.97. The van der Waals surface area contributed by atoms with Crippen LogP contribution in [0.25, 0.3) is 16.7 Å². The van der Waals surface area contributed by atoms with Crippen LogP contribution < -0.4 is 25.0 Å². The van der Waals surface area contributed by atoms with E-state index < -0.39 is 0 Å². The highest BCUT2D eigenvalue weighted by Gasteiger charge is 2.37. The van der Waals surface area contributed by atoms with Crippen molar-refractivity contribution in [1.82, 2.24) is 34.1 Å². The number of rotatable bonds is 6. The molecule has 0 radical (unpaired) electrons. The lowest BCUT2D eigenvalue weighted by Crippen LogP contribution is -2.57. The Morgan fingerprint density at radius 1 is 1.00 bits per heavy atom. The van der Waals surface area contributed by atoms with Gasteiger partial charge in [-0.25, -0.2) is 4.98 Å². The molecule has 4 aromatic heterocycles. The van der Waals surface area contributed by atoms with E-state index in [0.717, 1.165) is 96.4 Å². The van der Waals surface area contributed by atoms with Crippen LogP contribution in [-0.2, 0) is 0 Å². The summed E-state index contributed by atoms with van der Waals surface area (Å²) in [5.41, 5.74) is 5.44. The van der Waals surface area contributed by atoms with Gasteiger partial charge in [0, 0.05) is 86.9 Å². The van der Waals surface area contributed by atoms with E-state index in [1.807, 2.05) is 41.2 Å². The minimum absolute atomic E-state index is 0.362. The molecule has 2 atom stereocenters. The fraction of sp³-hybridized carbons (Fsp3) is 0.406. The van der Waals surface area contributed by atoms with Gasteiger partial charge in [-0.1, -0.05) is 0 Å². The molecule has 7 heterocycles. The standard InChI is InChI=1S/C32H38N10O2/c1-20-24(6-9-41-11-8-34-31(20)41)35-30-23-4-7-33-29(23)37-32(38-30)36-25-17-28-26(18-27(25)43-3)42-10-5-21(16-22(42)19-44-28)40-14-12-39(2)13-15-40/h4,6-9,11,17-18,21-22H,5,10,12-16,19H2,1-3H3,(H3,33,35,36,37,38). The number of likely N-dealkylation sites (N-methyl/N-ethyl adjacent to an activating group) is 1. The molecule has 3 aliphatic rings. The highest BCUT2D eigenvalue weighted by Crippen LogP contribution is 2.44. The van der Waals surface area contributed by atoms with Gasteiger partial charge in [-0.3, -0.25) is 4.90 Å². The fourth-order valence-electron chi connectivity index (χ4n) is 6.97. The number of piperazine rings is 1. The zero-order valence-electron chi connectivity index (χ0n) is 25.4. The van der Waals surface area contributed by atoms with Gasteiger partial charge in [0.25, 0.3) is 0 Å². The van der Waals surface area contributed by atoms with Gasteiger partial charge in [-0.05, 0) is 38.9 Å². The van der Waals surface area contributed by atoms with Crippen molar-refractivity contribution >= 4 is 45.5 Å². The first-order valence-corrected chi connectivity index (χ1v) is 15.4. The first kappa shape index (κ1) is 27.0. The summed E-state index contributed by atoms with van der Waals surface area (Å²) < 4.78 is 14.3. The number of methoxy groups -OCH3 is 1. The summed E-state index contributed by atoms with van der Waals surface area (Å²) >= 11 is 0. The third-order valence-corrected chi connectivity index (χ3v) is 9.49. The lowest BCUT2D eigenvalue weighted by atomic mass is 9.93. The number of H-pyrrole nitrogens is 1. The number of nitrogens with one attached hydrogen (secondary N) is 3. The van der Waals surface area contributed by atoms with Crippen molar-refractivity contribution in [2.75, 3.05) is 69.0 Å². The first-order valence-electron chi connectivity index (χ1n) is 15.4. The van der Waals surface area contributed by atoms with Crippen LogP contribution in [0.2, 0.25) is 0 Å². The average Bonchev–Trinajstić information content (AvgIpc) is 3.73. The highest BCUT2D eigenvalue weighted by molar-refractivity contribution is 5.91. The second-order valence-electron chi connectivity index (χ2n) is 12.1. The molecule has 3 N–H and O–H groups in total. The predicted octanol–water partition coefficient (Wildman–Crippen LogP) is 4.39. The number of anilines is 5. The summed E-state index contributed by atoms with van der Waals surface area (Å²) in [4.78, 5) is 25.0. The van der Waals surface area contributed by atoms with Crippen LogP contribution in [0.5, 0.6) is 11.5 Å². The molecule has 228 valence electrons. The van der Waals surface area contributed by atoms with Gasteiger partial charge < -0.3 is 39.3 Å². The Labute approximate surface area is 256 Å². The van der Waals surface area contributed by atoms with E-state index in [1.54, 1.807) is 13.3 Å². The van der Waals surface area contributed by atoms with E-state index in [2.05, 4.69) is 55.3 Å². The zero-order chi connectivity index (χ0) is 29.8. The lowest BCUT2D eigenvalue weighted by molar-refractivity contribution is 0.0822. The number of nitrogens with zero attached hydrogens (tertiary/aromatic N) is 7. The number of pyridine rings is 1. The number of hydrogen-bond acceptors (Lipinski definition) is 10. The van der Waals surface area contributed by atoms with Crippen LogP contribution in [0.4, 0.5) is 28.8 Å². The molecule has 3 aliphatic heterocycles. The second-order valence-corrected chi connectivity index (χ2v) is 12.1. The first-order chi connectivity index (χ1) is 21.5. The van der Waals surface area contributed by atoms with Crippen LogP contribution in [0.1, 0.15) is 18.4 Å². The number of ether oxygens (including phenoxy) is 2. The Morgan fingerprint density at radius 2 is 1.89 bits per heavy atom. The van der Waals surface area contributed by atoms with Crippen molar-refractivity contribution in [3.8, 4) is 11.5 Å².